The van der Waals surface area contributed by atoms with E-state index in [0.29, 0.717) is 5.92 Å². The predicted molar refractivity (Wildman–Crippen MR) is 83.4 cm³/mol. The van der Waals surface area contributed by atoms with Crippen molar-refractivity contribution in [1.29, 1.82) is 0 Å². The van der Waals surface area contributed by atoms with Gasteiger partial charge in [-0.3, -0.25) is 4.79 Å². The maximum Gasteiger partial charge on any atom is 0.227 e. The van der Waals surface area contributed by atoms with Crippen molar-refractivity contribution >= 4 is 5.91 Å². The first-order chi connectivity index (χ1) is 10.3. The minimum Gasteiger partial charge on any atom is -0.342 e. The molecule has 0 radical (unpaired) electrons. The van der Waals surface area contributed by atoms with Crippen LogP contribution in [0.25, 0.3) is 0 Å². The van der Waals surface area contributed by atoms with Crippen molar-refractivity contribution < 1.29 is 13.6 Å². The molecule has 1 saturated heterocycles. The molecule has 1 amide bonds. The lowest BCUT2D eigenvalue weighted by Gasteiger charge is -2.36. The van der Waals surface area contributed by atoms with Crippen molar-refractivity contribution in [2.24, 2.45) is 11.3 Å². The van der Waals surface area contributed by atoms with E-state index >= 15 is 0 Å². The molecule has 0 spiro atoms. The van der Waals surface area contributed by atoms with Crippen molar-refractivity contribution in [2.75, 3.05) is 13.1 Å². The van der Waals surface area contributed by atoms with Crippen molar-refractivity contribution in [2.45, 2.75) is 46.5 Å². The molecule has 0 aromatic heterocycles. The highest BCUT2D eigenvalue weighted by Gasteiger charge is 2.30. The van der Waals surface area contributed by atoms with Gasteiger partial charge in [-0.15, -0.1) is 0 Å². The third kappa shape index (κ3) is 4.28. The smallest absolute Gasteiger partial charge is 0.227 e. The molecule has 0 N–H and O–H groups in total. The number of carbonyl (C=O) groups is 1. The monoisotopic (exact) mass is 309 g/mol. The van der Waals surface area contributed by atoms with E-state index in [4.69, 9.17) is 0 Å². The van der Waals surface area contributed by atoms with Crippen molar-refractivity contribution in [3.63, 3.8) is 0 Å². The Bertz CT molecular complexity index is 536. The van der Waals surface area contributed by atoms with Gasteiger partial charge >= 0.3 is 0 Å². The normalized spacial score (nSPS) is 19.3. The number of nitrogens with zero attached hydrogens (tertiary/aromatic N) is 1. The van der Waals surface area contributed by atoms with Gasteiger partial charge in [-0.1, -0.05) is 26.8 Å². The van der Waals surface area contributed by atoms with Crippen LogP contribution in [0.15, 0.2) is 18.2 Å². The van der Waals surface area contributed by atoms with Crippen LogP contribution in [-0.2, 0) is 11.2 Å². The van der Waals surface area contributed by atoms with Crippen LogP contribution in [0.5, 0.6) is 0 Å². The molecule has 1 heterocycles. The van der Waals surface area contributed by atoms with Gasteiger partial charge in [-0.25, -0.2) is 8.78 Å². The zero-order chi connectivity index (χ0) is 16.3. The van der Waals surface area contributed by atoms with E-state index in [1.54, 1.807) is 6.07 Å². The van der Waals surface area contributed by atoms with Crippen molar-refractivity contribution in [1.82, 2.24) is 4.90 Å². The largest absolute Gasteiger partial charge is 0.342 e. The summed E-state index contributed by atoms with van der Waals surface area (Å²) in [4.78, 5) is 14.3. The van der Waals surface area contributed by atoms with E-state index in [2.05, 4.69) is 0 Å². The summed E-state index contributed by atoms with van der Waals surface area (Å²) < 4.78 is 26.1. The highest BCUT2D eigenvalue weighted by molar-refractivity contribution is 5.81. The lowest BCUT2D eigenvalue weighted by atomic mass is 9.88. The van der Waals surface area contributed by atoms with Crippen LogP contribution in [-0.4, -0.2) is 23.9 Å². The molecule has 2 nitrogen and oxygen atoms in total. The SMILES string of the molecule is CC(C)(C)C(=O)N1CCC[C@@H](CCc2ccc(F)c(F)c2)C1. The van der Waals surface area contributed by atoms with E-state index < -0.39 is 11.6 Å². The number of carbonyl (C=O) groups excluding carboxylic acids is 1. The third-order valence-corrected chi connectivity index (χ3v) is 4.27. The minimum atomic E-state index is -0.802. The van der Waals surface area contributed by atoms with Crippen LogP contribution >= 0.6 is 0 Å². The first-order valence-corrected chi connectivity index (χ1v) is 8.00. The topological polar surface area (TPSA) is 20.3 Å². The van der Waals surface area contributed by atoms with E-state index in [1.165, 1.54) is 12.1 Å². The quantitative estimate of drug-likeness (QED) is 0.820. The Morgan fingerprint density at radius 1 is 1.27 bits per heavy atom. The Kier molecular flexibility index (Phi) is 5.20. The molecule has 4 heteroatoms. The highest BCUT2D eigenvalue weighted by atomic mass is 19.2. The summed E-state index contributed by atoms with van der Waals surface area (Å²) in [5, 5.41) is 0. The second-order valence-corrected chi connectivity index (χ2v) is 7.30. The van der Waals surface area contributed by atoms with E-state index in [9.17, 15) is 13.6 Å². The molecule has 0 saturated carbocycles. The molecule has 1 aliphatic rings. The molecule has 0 bridgehead atoms. The fourth-order valence-electron chi connectivity index (χ4n) is 3.03. The van der Waals surface area contributed by atoms with Gasteiger partial charge in [-0.2, -0.15) is 0 Å². The maximum absolute atomic E-state index is 13.2. The summed E-state index contributed by atoms with van der Waals surface area (Å²) in [5.74, 6) is -0.952. The van der Waals surface area contributed by atoms with Gasteiger partial charge < -0.3 is 4.90 Å². The standard InChI is InChI=1S/C18H25F2NO/c1-18(2,3)17(22)21-10-4-5-14(12-21)7-6-13-8-9-15(19)16(20)11-13/h8-9,11,14H,4-7,10,12H2,1-3H3/t14-/m0/s1. The zero-order valence-corrected chi connectivity index (χ0v) is 13.7. The van der Waals surface area contributed by atoms with E-state index in [-0.39, 0.29) is 11.3 Å². The van der Waals surface area contributed by atoms with Crippen LogP contribution in [0.3, 0.4) is 0 Å². The molecule has 2 rings (SSSR count). The van der Waals surface area contributed by atoms with Crippen LogP contribution in [0.4, 0.5) is 8.78 Å². The van der Waals surface area contributed by atoms with Gasteiger partial charge in [0.15, 0.2) is 11.6 Å². The molecule has 1 aromatic rings. The van der Waals surface area contributed by atoms with Crippen LogP contribution < -0.4 is 0 Å². The minimum absolute atomic E-state index is 0.199. The summed E-state index contributed by atoms with van der Waals surface area (Å²) in [7, 11) is 0. The zero-order valence-electron chi connectivity index (χ0n) is 13.7. The number of piperidine rings is 1. The van der Waals surface area contributed by atoms with E-state index in [1.807, 2.05) is 25.7 Å². The second kappa shape index (κ2) is 6.76. The average molecular weight is 309 g/mol. The van der Waals surface area contributed by atoms with Crippen molar-refractivity contribution in [3.05, 3.63) is 35.4 Å². The Hall–Kier alpha value is -1.45. The Morgan fingerprint density at radius 3 is 2.64 bits per heavy atom. The Balaban J connectivity index is 1.90. The molecule has 1 aliphatic heterocycles. The molecule has 22 heavy (non-hydrogen) atoms. The fourth-order valence-corrected chi connectivity index (χ4v) is 3.03. The molecular formula is C18H25F2NO. The molecular weight excluding hydrogens is 284 g/mol. The van der Waals surface area contributed by atoms with Crippen LogP contribution in [0, 0.1) is 23.0 Å². The van der Waals surface area contributed by atoms with Crippen LogP contribution in [0.2, 0.25) is 0 Å². The first kappa shape index (κ1) is 16.9. The molecule has 0 aliphatic carbocycles. The summed E-state index contributed by atoms with van der Waals surface area (Å²) in [5.41, 5.74) is 0.472. The number of aryl methyl sites for hydroxylation is 1. The molecule has 122 valence electrons. The lowest BCUT2D eigenvalue weighted by Crippen LogP contribution is -2.45. The van der Waals surface area contributed by atoms with Gasteiger partial charge in [-0.05, 0) is 49.3 Å². The maximum atomic E-state index is 13.2. The predicted octanol–water partition coefficient (Wildman–Crippen LogP) is 4.18. The lowest BCUT2D eigenvalue weighted by molar-refractivity contribution is -0.141. The summed E-state index contributed by atoms with van der Waals surface area (Å²) in [6, 6.07) is 4.09. The Morgan fingerprint density at radius 2 is 2.00 bits per heavy atom. The van der Waals surface area contributed by atoms with Gasteiger partial charge in [0.1, 0.15) is 0 Å². The third-order valence-electron chi connectivity index (χ3n) is 4.27. The summed E-state index contributed by atoms with van der Waals surface area (Å²) in [6.07, 6.45) is 3.74. The van der Waals surface area contributed by atoms with Gasteiger partial charge in [0.25, 0.3) is 0 Å². The summed E-state index contributed by atoms with van der Waals surface area (Å²) in [6.45, 7) is 7.44. The number of rotatable bonds is 3. The molecule has 1 fully saturated rings. The van der Waals surface area contributed by atoms with Gasteiger partial charge in [0, 0.05) is 18.5 Å². The number of hydrogen-bond acceptors (Lipinski definition) is 1. The average Bonchev–Trinajstić information content (AvgIpc) is 2.47. The number of halogens is 2. The van der Waals surface area contributed by atoms with Crippen LogP contribution in [0.1, 0.15) is 45.6 Å². The second-order valence-electron chi connectivity index (χ2n) is 7.30. The molecule has 1 aromatic carbocycles. The molecule has 0 unspecified atom stereocenters. The number of hydrogen-bond donors (Lipinski definition) is 0. The van der Waals surface area contributed by atoms with E-state index in [0.717, 1.165) is 44.3 Å². The molecule has 1 atom stereocenters. The number of benzene rings is 1. The van der Waals surface area contributed by atoms with Gasteiger partial charge in [0.2, 0.25) is 5.91 Å². The fraction of sp³-hybridized carbons (Fsp3) is 0.611. The summed E-state index contributed by atoms with van der Waals surface area (Å²) >= 11 is 0. The number of likely N-dealkylation sites (tertiary alicyclic amines) is 1. The number of amides is 1. The van der Waals surface area contributed by atoms with Gasteiger partial charge in [0.05, 0.1) is 0 Å². The Labute approximate surface area is 131 Å². The first-order valence-electron chi connectivity index (χ1n) is 8.00. The van der Waals surface area contributed by atoms with Crippen molar-refractivity contribution in [3.8, 4) is 0 Å². The highest BCUT2D eigenvalue weighted by Crippen LogP contribution is 2.26.